The minimum absolute atomic E-state index is 0.0462. The number of carbonyl (C=O) groups excluding carboxylic acids is 1. The van der Waals surface area contributed by atoms with Crippen molar-refractivity contribution in [1.29, 1.82) is 0 Å². The monoisotopic (exact) mass is 388 g/mol. The number of benzene rings is 2. The number of nitrogens with one attached hydrogen (secondary N) is 1. The van der Waals surface area contributed by atoms with E-state index < -0.39 is 10.0 Å². The summed E-state index contributed by atoms with van der Waals surface area (Å²) in [4.78, 5) is 12.5. The Balaban J connectivity index is 1.65. The molecule has 0 aliphatic carbocycles. The first-order valence-electron chi connectivity index (χ1n) is 8.96. The lowest BCUT2D eigenvalue weighted by molar-refractivity contribution is -0.122. The van der Waals surface area contributed by atoms with Crippen molar-refractivity contribution in [2.24, 2.45) is 5.92 Å². The lowest BCUT2D eigenvalue weighted by Gasteiger charge is -2.21. The molecule has 1 N–H and O–H groups in total. The van der Waals surface area contributed by atoms with E-state index >= 15 is 0 Å². The van der Waals surface area contributed by atoms with E-state index in [9.17, 15) is 13.2 Å². The summed E-state index contributed by atoms with van der Waals surface area (Å²) >= 11 is 0. The van der Waals surface area contributed by atoms with Gasteiger partial charge in [0.25, 0.3) is 0 Å². The van der Waals surface area contributed by atoms with Gasteiger partial charge in [0.15, 0.2) is 0 Å². The number of sulfonamides is 1. The summed E-state index contributed by atoms with van der Waals surface area (Å²) in [5.74, 6) is -0.103. The molecule has 0 radical (unpaired) electrons. The van der Waals surface area contributed by atoms with Gasteiger partial charge in [-0.1, -0.05) is 30.3 Å². The molecule has 1 amide bonds. The van der Waals surface area contributed by atoms with Gasteiger partial charge in [0.1, 0.15) is 0 Å². The van der Waals surface area contributed by atoms with E-state index in [1.807, 2.05) is 30.3 Å². The average molecular weight is 388 g/mol. The lowest BCUT2D eigenvalue weighted by Crippen LogP contribution is -2.28. The standard InChI is InChI=1S/C20H24N2O4S/c1-22(15-16-5-3-2-4-6-16)27(24,25)19-9-7-18(8-10-19)21-20(23)17-11-13-26-14-12-17/h2-10,17H,11-15H2,1H3,(H,21,23). The van der Waals surface area contributed by atoms with Crippen LogP contribution in [0.1, 0.15) is 18.4 Å². The van der Waals surface area contributed by atoms with E-state index in [-0.39, 0.29) is 16.7 Å². The number of hydrogen-bond acceptors (Lipinski definition) is 4. The van der Waals surface area contributed by atoms with Crippen LogP contribution in [0.3, 0.4) is 0 Å². The van der Waals surface area contributed by atoms with Crippen LogP contribution in [0.5, 0.6) is 0 Å². The summed E-state index contributed by atoms with van der Waals surface area (Å²) in [6, 6.07) is 15.7. The molecule has 1 heterocycles. The molecule has 0 spiro atoms. The Labute approximate surface area is 160 Å². The zero-order valence-corrected chi connectivity index (χ0v) is 16.1. The van der Waals surface area contributed by atoms with Gasteiger partial charge >= 0.3 is 0 Å². The Kier molecular flexibility index (Phi) is 6.26. The molecule has 0 bridgehead atoms. The molecule has 7 heteroatoms. The van der Waals surface area contributed by atoms with Crippen LogP contribution in [-0.2, 0) is 26.1 Å². The van der Waals surface area contributed by atoms with Crippen molar-refractivity contribution in [3.63, 3.8) is 0 Å². The molecule has 0 atom stereocenters. The second-order valence-electron chi connectivity index (χ2n) is 6.65. The zero-order chi connectivity index (χ0) is 19.3. The van der Waals surface area contributed by atoms with Crippen molar-refractivity contribution in [3.8, 4) is 0 Å². The van der Waals surface area contributed by atoms with E-state index in [1.54, 1.807) is 19.2 Å². The molecule has 3 rings (SSSR count). The van der Waals surface area contributed by atoms with Crippen molar-refractivity contribution in [3.05, 3.63) is 60.2 Å². The van der Waals surface area contributed by atoms with Crippen molar-refractivity contribution >= 4 is 21.6 Å². The molecule has 0 unspecified atom stereocenters. The third-order valence-corrected chi connectivity index (χ3v) is 6.49. The van der Waals surface area contributed by atoms with Gasteiger partial charge in [-0.3, -0.25) is 4.79 Å². The maximum atomic E-state index is 12.7. The molecule has 0 saturated carbocycles. The van der Waals surface area contributed by atoms with Crippen molar-refractivity contribution in [2.75, 3.05) is 25.6 Å². The summed E-state index contributed by atoms with van der Waals surface area (Å²) in [5, 5.41) is 2.86. The van der Waals surface area contributed by atoms with Crippen LogP contribution in [-0.4, -0.2) is 38.9 Å². The highest BCUT2D eigenvalue weighted by Gasteiger charge is 2.23. The fourth-order valence-corrected chi connectivity index (χ4v) is 4.18. The fourth-order valence-electron chi connectivity index (χ4n) is 3.02. The highest BCUT2D eigenvalue weighted by molar-refractivity contribution is 7.89. The molecule has 1 aliphatic heterocycles. The third kappa shape index (κ3) is 4.94. The normalized spacial score (nSPS) is 15.6. The fraction of sp³-hybridized carbons (Fsp3) is 0.350. The molecule has 1 aliphatic rings. The number of rotatable bonds is 6. The van der Waals surface area contributed by atoms with Crippen LogP contribution in [0, 0.1) is 5.92 Å². The number of amides is 1. The lowest BCUT2D eigenvalue weighted by atomic mass is 9.99. The molecule has 1 fully saturated rings. The van der Waals surface area contributed by atoms with Crippen LogP contribution in [0.2, 0.25) is 0 Å². The van der Waals surface area contributed by atoms with Gasteiger partial charge in [0, 0.05) is 38.4 Å². The first kappa shape index (κ1) is 19.5. The van der Waals surface area contributed by atoms with Crippen LogP contribution in [0.4, 0.5) is 5.69 Å². The molecule has 144 valence electrons. The summed E-state index contributed by atoms with van der Waals surface area (Å²) in [5.41, 5.74) is 1.51. The molecule has 27 heavy (non-hydrogen) atoms. The summed E-state index contributed by atoms with van der Waals surface area (Å²) in [6.45, 7) is 1.50. The Bertz CT molecular complexity index is 861. The first-order valence-corrected chi connectivity index (χ1v) is 10.4. The molecule has 2 aromatic rings. The van der Waals surface area contributed by atoms with Gasteiger partial charge in [0.05, 0.1) is 4.90 Å². The van der Waals surface area contributed by atoms with Crippen LogP contribution in [0.15, 0.2) is 59.5 Å². The predicted octanol–water partition coefficient (Wildman–Crippen LogP) is 2.87. The topological polar surface area (TPSA) is 75.7 Å². The van der Waals surface area contributed by atoms with E-state index in [0.29, 0.717) is 38.3 Å². The highest BCUT2D eigenvalue weighted by atomic mass is 32.2. The number of hydrogen-bond donors (Lipinski definition) is 1. The van der Waals surface area contributed by atoms with Crippen LogP contribution >= 0.6 is 0 Å². The Morgan fingerprint density at radius 3 is 2.33 bits per heavy atom. The van der Waals surface area contributed by atoms with Gasteiger partial charge in [0.2, 0.25) is 15.9 Å². The third-order valence-electron chi connectivity index (χ3n) is 4.67. The van der Waals surface area contributed by atoms with Crippen LogP contribution < -0.4 is 5.32 Å². The molecule has 2 aromatic carbocycles. The summed E-state index contributed by atoms with van der Waals surface area (Å²) in [6.07, 6.45) is 1.42. The van der Waals surface area contributed by atoms with Crippen molar-refractivity contribution in [1.82, 2.24) is 4.31 Å². The molecular weight excluding hydrogens is 364 g/mol. The number of ether oxygens (including phenoxy) is 1. The van der Waals surface area contributed by atoms with Crippen LogP contribution in [0.25, 0.3) is 0 Å². The van der Waals surface area contributed by atoms with E-state index in [4.69, 9.17) is 4.74 Å². The van der Waals surface area contributed by atoms with E-state index in [2.05, 4.69) is 5.32 Å². The maximum Gasteiger partial charge on any atom is 0.243 e. The largest absolute Gasteiger partial charge is 0.381 e. The number of anilines is 1. The van der Waals surface area contributed by atoms with Gasteiger partial charge in [-0.15, -0.1) is 0 Å². The Hall–Kier alpha value is -2.22. The minimum Gasteiger partial charge on any atom is -0.381 e. The van der Waals surface area contributed by atoms with Gasteiger partial charge in [-0.05, 0) is 42.7 Å². The molecular formula is C20H24N2O4S. The minimum atomic E-state index is -3.60. The van der Waals surface area contributed by atoms with Gasteiger partial charge in [-0.2, -0.15) is 4.31 Å². The number of carbonyl (C=O) groups is 1. The van der Waals surface area contributed by atoms with Crippen molar-refractivity contribution < 1.29 is 17.9 Å². The van der Waals surface area contributed by atoms with Gasteiger partial charge < -0.3 is 10.1 Å². The quantitative estimate of drug-likeness (QED) is 0.826. The maximum absolute atomic E-state index is 12.7. The smallest absolute Gasteiger partial charge is 0.243 e. The summed E-state index contributed by atoms with van der Waals surface area (Å²) < 4.78 is 32.1. The molecule has 1 saturated heterocycles. The zero-order valence-electron chi connectivity index (χ0n) is 15.3. The SMILES string of the molecule is CN(Cc1ccccc1)S(=O)(=O)c1ccc(NC(=O)C2CCOCC2)cc1. The van der Waals surface area contributed by atoms with E-state index in [0.717, 1.165) is 5.56 Å². The summed E-state index contributed by atoms with van der Waals surface area (Å²) in [7, 11) is -2.04. The van der Waals surface area contributed by atoms with Crippen molar-refractivity contribution in [2.45, 2.75) is 24.3 Å². The van der Waals surface area contributed by atoms with Gasteiger partial charge in [-0.25, -0.2) is 8.42 Å². The second-order valence-corrected chi connectivity index (χ2v) is 8.69. The molecule has 0 aromatic heterocycles. The Morgan fingerprint density at radius 1 is 1.07 bits per heavy atom. The predicted molar refractivity (Wildman–Crippen MR) is 104 cm³/mol. The molecule has 6 nitrogen and oxygen atoms in total. The number of nitrogens with zero attached hydrogens (tertiary/aromatic N) is 1. The second kappa shape index (κ2) is 8.65. The van der Waals surface area contributed by atoms with E-state index in [1.165, 1.54) is 16.4 Å². The highest BCUT2D eigenvalue weighted by Crippen LogP contribution is 2.21. The Morgan fingerprint density at radius 2 is 1.70 bits per heavy atom. The first-order chi connectivity index (χ1) is 13.0. The average Bonchev–Trinajstić information content (AvgIpc) is 2.70.